The molecule has 0 aliphatic carbocycles. The quantitative estimate of drug-likeness (QED) is 0.846. The zero-order chi connectivity index (χ0) is 11.9. The van der Waals surface area contributed by atoms with Gasteiger partial charge in [0.15, 0.2) is 0 Å². The van der Waals surface area contributed by atoms with Gasteiger partial charge < -0.3 is 5.73 Å². The van der Waals surface area contributed by atoms with E-state index in [0.29, 0.717) is 6.54 Å². The molecule has 0 unspecified atom stereocenters. The zero-order valence-electron chi connectivity index (χ0n) is 9.84. The van der Waals surface area contributed by atoms with Gasteiger partial charge in [0.1, 0.15) is 0 Å². The summed E-state index contributed by atoms with van der Waals surface area (Å²) in [5, 5.41) is 0. The molecule has 3 heteroatoms. The minimum absolute atomic E-state index is 0.649. The molecule has 88 valence electrons. The predicted octanol–water partition coefficient (Wildman–Crippen LogP) is 1.76. The van der Waals surface area contributed by atoms with Gasteiger partial charge in [0.2, 0.25) is 0 Å². The fourth-order valence-corrected chi connectivity index (χ4v) is 1.76. The van der Waals surface area contributed by atoms with Crippen molar-refractivity contribution in [3.63, 3.8) is 0 Å². The average Bonchev–Trinajstić information content (AvgIpc) is 2.39. The van der Waals surface area contributed by atoms with Crippen LogP contribution in [0.3, 0.4) is 0 Å². The summed E-state index contributed by atoms with van der Waals surface area (Å²) in [5.41, 5.74) is 8.82. The van der Waals surface area contributed by atoms with Gasteiger partial charge >= 0.3 is 0 Å². The maximum atomic E-state index is 5.53. The number of nitrogens with two attached hydrogens (primary N) is 1. The Bertz CT molecular complexity index is 454. The largest absolute Gasteiger partial charge is 0.330 e. The fourth-order valence-electron chi connectivity index (χ4n) is 1.76. The molecule has 3 nitrogen and oxygen atoms in total. The van der Waals surface area contributed by atoms with Crippen LogP contribution in [-0.2, 0) is 19.3 Å². The molecule has 0 saturated carbocycles. The first-order chi connectivity index (χ1) is 8.38. The highest BCUT2D eigenvalue weighted by Gasteiger charge is 1.99. The van der Waals surface area contributed by atoms with E-state index in [1.807, 2.05) is 36.5 Å². The first kappa shape index (κ1) is 11.7. The summed E-state index contributed by atoms with van der Waals surface area (Å²) in [6.45, 7) is 0.649. The van der Waals surface area contributed by atoms with Crippen LogP contribution in [0.2, 0.25) is 0 Å². The van der Waals surface area contributed by atoms with E-state index in [1.165, 1.54) is 0 Å². The highest BCUT2D eigenvalue weighted by molar-refractivity contribution is 5.13. The van der Waals surface area contributed by atoms with Crippen molar-refractivity contribution in [2.75, 3.05) is 6.54 Å². The van der Waals surface area contributed by atoms with Crippen molar-refractivity contribution in [3.05, 3.63) is 59.7 Å². The van der Waals surface area contributed by atoms with Crippen LogP contribution in [0.4, 0.5) is 0 Å². The number of hydrogen-bond donors (Lipinski definition) is 1. The third-order valence-corrected chi connectivity index (χ3v) is 2.63. The van der Waals surface area contributed by atoms with Gasteiger partial charge in [-0.15, -0.1) is 0 Å². The third-order valence-electron chi connectivity index (χ3n) is 2.63. The Kier molecular flexibility index (Phi) is 4.22. The lowest BCUT2D eigenvalue weighted by molar-refractivity contribution is 0.846. The number of rotatable bonds is 5. The van der Waals surface area contributed by atoms with Crippen molar-refractivity contribution in [2.24, 2.45) is 5.73 Å². The Morgan fingerprint density at radius 3 is 2.24 bits per heavy atom. The lowest BCUT2D eigenvalue weighted by Crippen LogP contribution is -2.06. The Morgan fingerprint density at radius 1 is 0.824 bits per heavy atom. The van der Waals surface area contributed by atoms with Gasteiger partial charge in [-0.2, -0.15) is 0 Å². The lowest BCUT2D eigenvalue weighted by Gasteiger charge is -2.03. The van der Waals surface area contributed by atoms with E-state index in [1.54, 1.807) is 0 Å². The van der Waals surface area contributed by atoms with Crippen molar-refractivity contribution in [3.8, 4) is 0 Å². The van der Waals surface area contributed by atoms with Crippen LogP contribution >= 0.6 is 0 Å². The van der Waals surface area contributed by atoms with Crippen molar-refractivity contribution < 1.29 is 0 Å². The Labute approximate surface area is 102 Å². The first-order valence-electron chi connectivity index (χ1n) is 5.93. The molecule has 0 aliphatic rings. The molecule has 2 aromatic heterocycles. The third kappa shape index (κ3) is 3.64. The standard InChI is InChI=1S/C14H17N3/c15-10-9-14-6-3-5-13(17-14)8-7-12-4-1-2-11-16-12/h1-6,11H,7-10,15H2. The van der Waals surface area contributed by atoms with E-state index in [2.05, 4.69) is 16.0 Å². The van der Waals surface area contributed by atoms with Crippen LogP contribution in [0.15, 0.2) is 42.6 Å². The average molecular weight is 227 g/mol. The molecule has 17 heavy (non-hydrogen) atoms. The Morgan fingerprint density at radius 2 is 1.53 bits per heavy atom. The molecule has 0 amide bonds. The van der Waals surface area contributed by atoms with Crippen LogP contribution in [0.25, 0.3) is 0 Å². The van der Waals surface area contributed by atoms with Gasteiger partial charge in [-0.05, 0) is 43.7 Å². The first-order valence-corrected chi connectivity index (χ1v) is 5.93. The van der Waals surface area contributed by atoms with Crippen molar-refractivity contribution in [1.29, 1.82) is 0 Å². The Hall–Kier alpha value is -1.74. The van der Waals surface area contributed by atoms with E-state index in [0.717, 1.165) is 36.3 Å². The highest BCUT2D eigenvalue weighted by Crippen LogP contribution is 2.04. The zero-order valence-corrected chi connectivity index (χ0v) is 9.84. The molecule has 0 radical (unpaired) electrons. The summed E-state index contributed by atoms with van der Waals surface area (Å²) < 4.78 is 0. The van der Waals surface area contributed by atoms with Crippen LogP contribution in [0.1, 0.15) is 17.1 Å². The topological polar surface area (TPSA) is 51.8 Å². The van der Waals surface area contributed by atoms with Crippen LogP contribution < -0.4 is 5.73 Å². The molecular weight excluding hydrogens is 210 g/mol. The summed E-state index contributed by atoms with van der Waals surface area (Å²) in [4.78, 5) is 8.87. The SMILES string of the molecule is NCCc1cccc(CCc2ccccn2)n1. The molecule has 0 spiro atoms. The minimum atomic E-state index is 0.649. The van der Waals surface area contributed by atoms with Crippen LogP contribution in [0.5, 0.6) is 0 Å². The van der Waals surface area contributed by atoms with Crippen molar-refractivity contribution >= 4 is 0 Å². The van der Waals surface area contributed by atoms with Crippen LogP contribution in [0, 0.1) is 0 Å². The van der Waals surface area contributed by atoms with Gasteiger partial charge in [0, 0.05) is 29.7 Å². The van der Waals surface area contributed by atoms with E-state index in [-0.39, 0.29) is 0 Å². The molecule has 2 rings (SSSR count). The summed E-state index contributed by atoms with van der Waals surface area (Å²) in [6.07, 6.45) is 4.53. The number of nitrogens with zero attached hydrogens (tertiary/aromatic N) is 2. The molecule has 0 aliphatic heterocycles. The molecule has 2 aromatic rings. The van der Waals surface area contributed by atoms with E-state index in [4.69, 9.17) is 5.73 Å². The molecule has 0 aromatic carbocycles. The minimum Gasteiger partial charge on any atom is -0.330 e. The van der Waals surface area contributed by atoms with Gasteiger partial charge in [-0.3, -0.25) is 9.97 Å². The summed E-state index contributed by atoms with van der Waals surface area (Å²) in [7, 11) is 0. The molecule has 2 N–H and O–H groups in total. The number of pyridine rings is 2. The summed E-state index contributed by atoms with van der Waals surface area (Å²) >= 11 is 0. The molecule has 0 fully saturated rings. The maximum Gasteiger partial charge on any atom is 0.0419 e. The lowest BCUT2D eigenvalue weighted by atomic mass is 10.1. The normalized spacial score (nSPS) is 10.4. The number of hydrogen-bond acceptors (Lipinski definition) is 3. The molecule has 0 bridgehead atoms. The molecule has 0 atom stereocenters. The van der Waals surface area contributed by atoms with E-state index < -0.39 is 0 Å². The van der Waals surface area contributed by atoms with E-state index in [9.17, 15) is 0 Å². The van der Waals surface area contributed by atoms with Crippen LogP contribution in [-0.4, -0.2) is 16.5 Å². The second-order valence-electron chi connectivity index (χ2n) is 3.98. The summed E-state index contributed by atoms with van der Waals surface area (Å²) in [5.74, 6) is 0. The molecule has 2 heterocycles. The predicted molar refractivity (Wildman–Crippen MR) is 68.6 cm³/mol. The van der Waals surface area contributed by atoms with E-state index >= 15 is 0 Å². The van der Waals surface area contributed by atoms with Crippen molar-refractivity contribution in [2.45, 2.75) is 19.3 Å². The highest BCUT2D eigenvalue weighted by atomic mass is 14.7. The van der Waals surface area contributed by atoms with Gasteiger partial charge in [-0.25, -0.2) is 0 Å². The van der Waals surface area contributed by atoms with Crippen molar-refractivity contribution in [1.82, 2.24) is 9.97 Å². The summed E-state index contributed by atoms with van der Waals surface area (Å²) in [6, 6.07) is 12.1. The maximum absolute atomic E-state index is 5.53. The van der Waals surface area contributed by atoms with Gasteiger partial charge in [0.05, 0.1) is 0 Å². The molecule has 0 saturated heterocycles. The number of aryl methyl sites for hydroxylation is 2. The number of aromatic nitrogens is 2. The smallest absolute Gasteiger partial charge is 0.0419 e. The van der Waals surface area contributed by atoms with Gasteiger partial charge in [0.25, 0.3) is 0 Å². The second kappa shape index (κ2) is 6.11. The molecular formula is C14H17N3. The Balaban J connectivity index is 1.97. The monoisotopic (exact) mass is 227 g/mol. The fraction of sp³-hybridized carbons (Fsp3) is 0.286. The second-order valence-corrected chi connectivity index (χ2v) is 3.98. The van der Waals surface area contributed by atoms with Gasteiger partial charge in [-0.1, -0.05) is 12.1 Å².